The summed E-state index contributed by atoms with van der Waals surface area (Å²) >= 11 is 0. The van der Waals surface area contributed by atoms with Gasteiger partial charge in [0.1, 0.15) is 6.61 Å². The van der Waals surface area contributed by atoms with Crippen molar-refractivity contribution in [2.75, 3.05) is 11.3 Å². The van der Waals surface area contributed by atoms with Gasteiger partial charge in [-0.3, -0.25) is 9.53 Å². The fourth-order valence-electron chi connectivity index (χ4n) is 5.68. The molecule has 4 bridgehead atoms. The lowest BCUT2D eigenvalue weighted by Crippen LogP contribution is -2.57. The highest BCUT2D eigenvalue weighted by atomic mass is 32.2. The van der Waals surface area contributed by atoms with E-state index in [2.05, 4.69) is 19.4 Å². The smallest absolute Gasteiger partial charge is 0.475 e. The van der Waals surface area contributed by atoms with E-state index in [0.717, 1.165) is 16.7 Å². The summed E-state index contributed by atoms with van der Waals surface area (Å²) in [5.74, 6) is -0.518. The van der Waals surface area contributed by atoms with Crippen LogP contribution in [0.1, 0.15) is 54.6 Å². The van der Waals surface area contributed by atoms with Crippen molar-refractivity contribution in [3.8, 4) is 17.1 Å². The van der Waals surface area contributed by atoms with Crippen LogP contribution >= 0.6 is 0 Å². The molecule has 0 saturated heterocycles. The first-order valence-electron chi connectivity index (χ1n) is 14.0. The van der Waals surface area contributed by atoms with Crippen molar-refractivity contribution >= 4 is 21.9 Å². The van der Waals surface area contributed by atoms with Gasteiger partial charge in [-0.15, -0.1) is 13.2 Å². The van der Waals surface area contributed by atoms with Crippen molar-refractivity contribution < 1.29 is 35.9 Å². The lowest BCUT2D eigenvalue weighted by molar-refractivity contribution is -0.353. The highest BCUT2D eigenvalue weighted by Crippen LogP contribution is 2.37. The van der Waals surface area contributed by atoms with Gasteiger partial charge in [0, 0.05) is 23.2 Å². The first kappa shape index (κ1) is 30.7. The maximum Gasteiger partial charge on any atom is 0.522 e. The SMILES string of the molecule is Cc1cccc(C)c1-c1cc2nc(n1)NS(=O)(=O)c1cccc(c1)C(=O)N([C@H]1C[C@@H](OC(F)(F)F)C1)[C@H](CC(C)C)CO2. The monoisotopic (exact) mass is 618 g/mol. The number of amides is 1. The minimum absolute atomic E-state index is 0.0201. The molecule has 230 valence electrons. The zero-order valence-corrected chi connectivity index (χ0v) is 25.0. The standard InChI is InChI=1S/C30H33F3N4O5S/c1-17(2)11-22-16-41-26-15-25(27-18(3)7-5-8-19(27)4)34-29(35-26)36-43(39,40)24-10-6-9-20(12-24)28(38)37(22)21-13-23(14-21)42-30(31,32)33/h5-10,12,15,17,21-23H,11,13-14,16H2,1-4H3,(H,34,35,36)/t21-,22-,23+/m1/s1. The average molecular weight is 619 g/mol. The number of aryl methyl sites for hydroxylation is 2. The molecule has 1 saturated carbocycles. The number of carbonyl (C=O) groups is 1. The third-order valence-corrected chi connectivity index (χ3v) is 8.94. The van der Waals surface area contributed by atoms with E-state index in [9.17, 15) is 26.4 Å². The van der Waals surface area contributed by atoms with Crippen LogP contribution in [0, 0.1) is 19.8 Å². The van der Waals surface area contributed by atoms with Crippen molar-refractivity contribution in [2.45, 2.75) is 76.4 Å². The second-order valence-electron chi connectivity index (χ2n) is 11.4. The Hall–Kier alpha value is -3.71. The van der Waals surface area contributed by atoms with Crippen LogP contribution in [0.2, 0.25) is 0 Å². The van der Waals surface area contributed by atoms with Crippen LogP contribution in [0.15, 0.2) is 53.4 Å². The molecule has 1 aliphatic heterocycles. The highest BCUT2D eigenvalue weighted by molar-refractivity contribution is 7.92. The van der Waals surface area contributed by atoms with Crippen molar-refractivity contribution in [1.82, 2.24) is 14.9 Å². The molecule has 2 aliphatic rings. The summed E-state index contributed by atoms with van der Waals surface area (Å²) in [7, 11) is -4.24. The quantitative estimate of drug-likeness (QED) is 0.380. The molecule has 0 unspecified atom stereocenters. The van der Waals surface area contributed by atoms with Gasteiger partial charge < -0.3 is 9.64 Å². The Morgan fingerprint density at radius 1 is 1.07 bits per heavy atom. The minimum Gasteiger partial charge on any atom is -0.475 e. The first-order valence-corrected chi connectivity index (χ1v) is 15.5. The Kier molecular flexibility index (Phi) is 8.41. The predicted molar refractivity (Wildman–Crippen MR) is 153 cm³/mol. The molecule has 1 fully saturated rings. The Bertz CT molecular complexity index is 1600. The third kappa shape index (κ3) is 6.93. The van der Waals surface area contributed by atoms with E-state index in [0.29, 0.717) is 12.1 Å². The number of aromatic nitrogens is 2. The molecule has 1 aromatic heterocycles. The maximum atomic E-state index is 14.0. The zero-order valence-electron chi connectivity index (χ0n) is 24.2. The normalized spacial score (nSPS) is 22.0. The van der Waals surface area contributed by atoms with Crippen LogP contribution in [0.3, 0.4) is 0 Å². The molecule has 5 rings (SSSR count). The molecule has 1 aliphatic carbocycles. The van der Waals surface area contributed by atoms with E-state index in [1.165, 1.54) is 29.2 Å². The summed E-state index contributed by atoms with van der Waals surface area (Å²) in [5.41, 5.74) is 3.15. The Morgan fingerprint density at radius 2 is 1.74 bits per heavy atom. The molecule has 3 aromatic rings. The highest BCUT2D eigenvalue weighted by Gasteiger charge is 2.45. The second kappa shape index (κ2) is 11.8. The van der Waals surface area contributed by atoms with Crippen molar-refractivity contribution in [3.05, 3.63) is 65.2 Å². The first-order chi connectivity index (χ1) is 20.2. The van der Waals surface area contributed by atoms with Gasteiger partial charge in [0.25, 0.3) is 15.9 Å². The van der Waals surface area contributed by atoms with Crippen LogP contribution in [0.5, 0.6) is 5.88 Å². The molecule has 1 N–H and O–H groups in total. The van der Waals surface area contributed by atoms with E-state index < -0.39 is 40.5 Å². The zero-order chi connectivity index (χ0) is 31.1. The number of alkyl halides is 3. The number of hydrogen-bond donors (Lipinski definition) is 1. The number of benzene rings is 2. The van der Waals surface area contributed by atoms with Gasteiger partial charge in [0.05, 0.1) is 22.7 Å². The van der Waals surface area contributed by atoms with E-state index in [1.807, 2.05) is 45.9 Å². The molecule has 1 amide bonds. The largest absolute Gasteiger partial charge is 0.522 e. The summed E-state index contributed by atoms with van der Waals surface area (Å²) in [6, 6.07) is 11.8. The molecule has 0 spiro atoms. The van der Waals surface area contributed by atoms with Crippen molar-refractivity contribution in [2.24, 2.45) is 5.92 Å². The lowest BCUT2D eigenvalue weighted by atomic mass is 9.85. The second-order valence-corrected chi connectivity index (χ2v) is 13.1. The van der Waals surface area contributed by atoms with Crippen LogP contribution in [0.25, 0.3) is 11.3 Å². The number of anilines is 1. The molecular weight excluding hydrogens is 585 g/mol. The van der Waals surface area contributed by atoms with Crippen LogP contribution < -0.4 is 9.46 Å². The number of fused-ring (bicyclic) bond motifs is 4. The van der Waals surface area contributed by atoms with Gasteiger partial charge >= 0.3 is 6.36 Å². The molecule has 1 atom stereocenters. The third-order valence-electron chi connectivity index (χ3n) is 7.62. The van der Waals surface area contributed by atoms with Gasteiger partial charge in [-0.05, 0) is 68.4 Å². The molecule has 2 aromatic carbocycles. The van der Waals surface area contributed by atoms with Crippen molar-refractivity contribution in [3.63, 3.8) is 0 Å². The van der Waals surface area contributed by atoms with Gasteiger partial charge in [0.15, 0.2) is 0 Å². The maximum absolute atomic E-state index is 14.0. The van der Waals surface area contributed by atoms with Crippen LogP contribution in [-0.2, 0) is 14.8 Å². The number of nitrogens with one attached hydrogen (secondary N) is 1. The molecule has 0 radical (unpaired) electrons. The summed E-state index contributed by atoms with van der Waals surface area (Å²) < 4.78 is 78.3. The van der Waals surface area contributed by atoms with E-state index in [-0.39, 0.29) is 47.7 Å². The fraction of sp³-hybridized carbons (Fsp3) is 0.433. The van der Waals surface area contributed by atoms with Gasteiger partial charge in [-0.2, -0.15) is 4.98 Å². The molecule has 2 heterocycles. The lowest BCUT2D eigenvalue weighted by Gasteiger charge is -2.46. The number of ether oxygens (including phenoxy) is 2. The number of halogens is 3. The summed E-state index contributed by atoms with van der Waals surface area (Å²) in [5, 5.41) is 0. The van der Waals surface area contributed by atoms with Crippen LogP contribution in [0.4, 0.5) is 19.1 Å². The Morgan fingerprint density at radius 3 is 2.40 bits per heavy atom. The number of hydrogen-bond acceptors (Lipinski definition) is 7. The van der Waals surface area contributed by atoms with Crippen LogP contribution in [-0.4, -0.2) is 60.3 Å². The Labute approximate surface area is 248 Å². The average Bonchev–Trinajstić information content (AvgIpc) is 2.88. The molecule has 9 nitrogen and oxygen atoms in total. The summed E-state index contributed by atoms with van der Waals surface area (Å²) in [4.78, 5) is 24.2. The Balaban J connectivity index is 1.61. The van der Waals surface area contributed by atoms with E-state index >= 15 is 0 Å². The number of sulfonamides is 1. The molecular formula is C30H33F3N4O5S. The minimum atomic E-state index is -4.78. The van der Waals surface area contributed by atoms with Gasteiger partial charge in [0.2, 0.25) is 11.8 Å². The number of nitrogens with zero attached hydrogens (tertiary/aromatic N) is 3. The topological polar surface area (TPSA) is 111 Å². The van der Waals surface area contributed by atoms with Gasteiger partial charge in [-0.25, -0.2) is 18.1 Å². The number of rotatable bonds is 5. The predicted octanol–water partition coefficient (Wildman–Crippen LogP) is 5.88. The summed E-state index contributed by atoms with van der Waals surface area (Å²) in [6.45, 7) is 7.75. The van der Waals surface area contributed by atoms with E-state index in [4.69, 9.17) is 4.74 Å². The van der Waals surface area contributed by atoms with Gasteiger partial charge in [-0.1, -0.05) is 38.1 Å². The molecule has 43 heavy (non-hydrogen) atoms. The number of carbonyl (C=O) groups excluding carboxylic acids is 1. The summed E-state index contributed by atoms with van der Waals surface area (Å²) in [6.07, 6.45) is -5.43. The van der Waals surface area contributed by atoms with E-state index in [1.54, 1.807) is 6.07 Å². The van der Waals surface area contributed by atoms with Crippen molar-refractivity contribution in [1.29, 1.82) is 0 Å². The fourth-order valence-corrected chi connectivity index (χ4v) is 6.67. The molecule has 13 heteroatoms.